The van der Waals surface area contributed by atoms with Gasteiger partial charge in [-0.05, 0) is 24.1 Å². The van der Waals surface area contributed by atoms with E-state index in [1.165, 1.54) is 19.3 Å². The molecule has 1 aliphatic heterocycles. The van der Waals surface area contributed by atoms with Gasteiger partial charge in [0.15, 0.2) is 11.5 Å². The number of rotatable bonds is 8. The Hall–Kier alpha value is -1.26. The zero-order valence-electron chi connectivity index (χ0n) is 11.6. The second-order valence-corrected chi connectivity index (χ2v) is 4.85. The lowest BCUT2D eigenvalue weighted by atomic mass is 10.1. The number of ether oxygens (including phenoxy) is 3. The average Bonchev–Trinajstić information content (AvgIpc) is 2.89. The second-order valence-electron chi connectivity index (χ2n) is 4.85. The van der Waals surface area contributed by atoms with Crippen molar-refractivity contribution >= 4 is 0 Å². The molecule has 2 rings (SSSR count). The summed E-state index contributed by atoms with van der Waals surface area (Å²) in [6.45, 7) is 3.84. The van der Waals surface area contributed by atoms with Crippen molar-refractivity contribution in [3.8, 4) is 11.5 Å². The predicted molar refractivity (Wildman–Crippen MR) is 74.5 cm³/mol. The molecule has 0 radical (unpaired) electrons. The van der Waals surface area contributed by atoms with Crippen LogP contribution in [0.25, 0.3) is 0 Å². The van der Waals surface area contributed by atoms with Crippen molar-refractivity contribution in [3.63, 3.8) is 0 Å². The molecule has 0 fully saturated rings. The largest absolute Gasteiger partial charge is 0.454 e. The van der Waals surface area contributed by atoms with E-state index in [2.05, 4.69) is 6.92 Å². The fraction of sp³-hybridized carbons (Fsp3) is 0.600. The molecule has 1 atom stereocenters. The van der Waals surface area contributed by atoms with Gasteiger partial charge < -0.3 is 19.9 Å². The Morgan fingerprint density at radius 2 is 2.05 bits per heavy atom. The Balaban J connectivity index is 1.72. The van der Waals surface area contributed by atoms with Crippen LogP contribution in [0.3, 0.4) is 0 Å². The lowest BCUT2D eigenvalue weighted by molar-refractivity contribution is 0.117. The summed E-state index contributed by atoms with van der Waals surface area (Å²) in [6.07, 6.45) is 4.87. The van der Waals surface area contributed by atoms with Crippen molar-refractivity contribution in [2.24, 2.45) is 5.73 Å². The van der Waals surface area contributed by atoms with Crippen LogP contribution < -0.4 is 15.2 Å². The third-order valence-corrected chi connectivity index (χ3v) is 3.26. The highest BCUT2D eigenvalue weighted by Gasteiger charge is 2.15. The number of fused-ring (bicyclic) bond motifs is 1. The maximum atomic E-state index is 6.11. The monoisotopic (exact) mass is 265 g/mol. The molecule has 0 saturated carbocycles. The Labute approximate surface area is 114 Å². The molecule has 4 nitrogen and oxygen atoms in total. The predicted octanol–water partition coefficient (Wildman–Crippen LogP) is 3.01. The Bertz CT molecular complexity index is 395. The van der Waals surface area contributed by atoms with Crippen LogP contribution in [-0.2, 0) is 4.74 Å². The van der Waals surface area contributed by atoms with Gasteiger partial charge in [0.25, 0.3) is 0 Å². The smallest absolute Gasteiger partial charge is 0.231 e. The Morgan fingerprint density at radius 3 is 2.89 bits per heavy atom. The minimum atomic E-state index is -0.110. The van der Waals surface area contributed by atoms with E-state index < -0.39 is 0 Å². The van der Waals surface area contributed by atoms with Gasteiger partial charge in [0, 0.05) is 6.61 Å². The van der Waals surface area contributed by atoms with Crippen LogP contribution in [0.4, 0.5) is 0 Å². The molecule has 106 valence electrons. The van der Waals surface area contributed by atoms with Crippen molar-refractivity contribution < 1.29 is 14.2 Å². The van der Waals surface area contributed by atoms with Gasteiger partial charge in [-0.15, -0.1) is 0 Å². The van der Waals surface area contributed by atoms with E-state index in [0.717, 1.165) is 30.1 Å². The summed E-state index contributed by atoms with van der Waals surface area (Å²) >= 11 is 0. The molecule has 1 heterocycles. The van der Waals surface area contributed by atoms with Crippen molar-refractivity contribution in [1.82, 2.24) is 0 Å². The molecule has 0 aliphatic carbocycles. The third-order valence-electron chi connectivity index (χ3n) is 3.26. The minimum absolute atomic E-state index is 0.110. The summed E-state index contributed by atoms with van der Waals surface area (Å²) in [5.41, 5.74) is 7.13. The van der Waals surface area contributed by atoms with Crippen molar-refractivity contribution in [3.05, 3.63) is 23.8 Å². The molecular weight excluding hydrogens is 242 g/mol. The highest BCUT2D eigenvalue weighted by atomic mass is 16.7. The van der Waals surface area contributed by atoms with E-state index in [9.17, 15) is 0 Å². The summed E-state index contributed by atoms with van der Waals surface area (Å²) < 4.78 is 16.2. The number of nitrogens with two attached hydrogens (primary N) is 1. The first-order valence-electron chi connectivity index (χ1n) is 7.04. The van der Waals surface area contributed by atoms with E-state index in [4.69, 9.17) is 19.9 Å². The van der Waals surface area contributed by atoms with Crippen LogP contribution in [-0.4, -0.2) is 20.0 Å². The van der Waals surface area contributed by atoms with Crippen molar-refractivity contribution in [2.75, 3.05) is 20.0 Å². The molecular formula is C15H23NO3. The van der Waals surface area contributed by atoms with Crippen molar-refractivity contribution in [2.45, 2.75) is 38.6 Å². The molecule has 0 saturated heterocycles. The molecule has 19 heavy (non-hydrogen) atoms. The van der Waals surface area contributed by atoms with Gasteiger partial charge in [-0.2, -0.15) is 0 Å². The van der Waals surface area contributed by atoms with Crippen LogP contribution in [0.1, 0.15) is 44.2 Å². The zero-order valence-corrected chi connectivity index (χ0v) is 11.6. The van der Waals surface area contributed by atoms with Gasteiger partial charge in [-0.25, -0.2) is 0 Å². The quantitative estimate of drug-likeness (QED) is 0.734. The van der Waals surface area contributed by atoms with Gasteiger partial charge in [0.1, 0.15) is 0 Å². The third kappa shape index (κ3) is 4.11. The summed E-state index contributed by atoms with van der Waals surface area (Å²) in [5.74, 6) is 1.56. The standard InChI is InChI=1S/C15H23NO3/c1-2-3-4-5-8-17-10-13(16)12-6-7-14-15(9-12)19-11-18-14/h6-7,9,13H,2-5,8,10-11,16H2,1H3. The number of benzene rings is 1. The summed E-state index contributed by atoms with van der Waals surface area (Å²) in [6, 6.07) is 5.70. The SMILES string of the molecule is CCCCCCOCC(N)c1ccc2c(c1)OCO2. The lowest BCUT2D eigenvalue weighted by Gasteiger charge is -2.13. The first kappa shape index (κ1) is 14.2. The van der Waals surface area contributed by atoms with Gasteiger partial charge in [0.05, 0.1) is 12.6 Å². The molecule has 1 unspecified atom stereocenters. The molecule has 1 aliphatic rings. The highest BCUT2D eigenvalue weighted by Crippen LogP contribution is 2.33. The van der Waals surface area contributed by atoms with E-state index >= 15 is 0 Å². The molecule has 1 aromatic rings. The van der Waals surface area contributed by atoms with Gasteiger partial charge >= 0.3 is 0 Å². The number of hydrogen-bond acceptors (Lipinski definition) is 4. The fourth-order valence-electron chi connectivity index (χ4n) is 2.08. The summed E-state index contributed by atoms with van der Waals surface area (Å²) in [5, 5.41) is 0. The maximum absolute atomic E-state index is 6.11. The molecule has 0 bridgehead atoms. The number of unbranched alkanes of at least 4 members (excludes halogenated alkanes) is 3. The van der Waals surface area contributed by atoms with Crippen molar-refractivity contribution in [1.29, 1.82) is 0 Å². The lowest BCUT2D eigenvalue weighted by Crippen LogP contribution is -2.17. The zero-order chi connectivity index (χ0) is 13.5. The van der Waals surface area contributed by atoms with Crippen LogP contribution in [0, 0.1) is 0 Å². The van der Waals surface area contributed by atoms with E-state index in [0.29, 0.717) is 13.4 Å². The fourth-order valence-corrected chi connectivity index (χ4v) is 2.08. The molecule has 0 aromatic heterocycles. The van der Waals surface area contributed by atoms with E-state index in [1.54, 1.807) is 0 Å². The van der Waals surface area contributed by atoms with E-state index in [-0.39, 0.29) is 6.04 Å². The minimum Gasteiger partial charge on any atom is -0.454 e. The summed E-state index contributed by atoms with van der Waals surface area (Å²) in [4.78, 5) is 0. The topological polar surface area (TPSA) is 53.7 Å². The Kier molecular flexibility index (Phi) is 5.48. The molecule has 4 heteroatoms. The molecule has 0 spiro atoms. The van der Waals surface area contributed by atoms with Crippen LogP contribution in [0.15, 0.2) is 18.2 Å². The molecule has 2 N–H and O–H groups in total. The Morgan fingerprint density at radius 1 is 1.21 bits per heavy atom. The van der Waals surface area contributed by atoms with Gasteiger partial charge in [-0.1, -0.05) is 32.3 Å². The van der Waals surface area contributed by atoms with Crippen LogP contribution >= 0.6 is 0 Å². The maximum Gasteiger partial charge on any atom is 0.231 e. The van der Waals surface area contributed by atoms with Gasteiger partial charge in [-0.3, -0.25) is 0 Å². The summed E-state index contributed by atoms with van der Waals surface area (Å²) in [7, 11) is 0. The molecule has 0 amide bonds. The molecule has 1 aromatic carbocycles. The van der Waals surface area contributed by atoms with Crippen LogP contribution in [0.2, 0.25) is 0 Å². The first-order chi connectivity index (χ1) is 9.31. The highest BCUT2D eigenvalue weighted by molar-refractivity contribution is 5.45. The number of hydrogen-bond donors (Lipinski definition) is 1. The van der Waals surface area contributed by atoms with Gasteiger partial charge in [0.2, 0.25) is 6.79 Å². The first-order valence-corrected chi connectivity index (χ1v) is 7.04. The van der Waals surface area contributed by atoms with E-state index in [1.807, 2.05) is 18.2 Å². The normalized spacial score (nSPS) is 14.6. The van der Waals surface area contributed by atoms with Crippen LogP contribution in [0.5, 0.6) is 11.5 Å². The average molecular weight is 265 g/mol. The second kappa shape index (κ2) is 7.36.